The zero-order valence-electron chi connectivity index (χ0n) is 11.7. The number of halogens is 1. The summed E-state index contributed by atoms with van der Waals surface area (Å²) in [6.07, 6.45) is 0.391. The normalized spacial score (nSPS) is 18.1. The molecule has 0 bridgehead atoms. The van der Waals surface area contributed by atoms with Crippen molar-refractivity contribution in [3.05, 3.63) is 35.6 Å². The van der Waals surface area contributed by atoms with E-state index in [4.69, 9.17) is 4.74 Å². The summed E-state index contributed by atoms with van der Waals surface area (Å²) in [7, 11) is 0. The smallest absolute Gasteiger partial charge is 0.123 e. The molecule has 1 fully saturated rings. The minimum absolute atomic E-state index is 0.199. The van der Waals surface area contributed by atoms with Crippen LogP contribution in [0.5, 0.6) is 0 Å². The fourth-order valence-electron chi connectivity index (χ4n) is 2.34. The van der Waals surface area contributed by atoms with Gasteiger partial charge < -0.3 is 15.2 Å². The van der Waals surface area contributed by atoms with Crippen LogP contribution in [0.2, 0.25) is 0 Å². The van der Waals surface area contributed by atoms with Crippen LogP contribution in [-0.2, 0) is 11.2 Å². The number of nitrogens with zero attached hydrogens (tertiary/aromatic N) is 1. The lowest BCUT2D eigenvalue weighted by atomic mass is 10.1. The van der Waals surface area contributed by atoms with Crippen LogP contribution in [0, 0.1) is 5.82 Å². The highest BCUT2D eigenvalue weighted by Crippen LogP contribution is 2.03. The fraction of sp³-hybridized carbons (Fsp3) is 0.600. The molecule has 1 aromatic rings. The zero-order valence-corrected chi connectivity index (χ0v) is 11.7. The van der Waals surface area contributed by atoms with Crippen molar-refractivity contribution in [3.8, 4) is 0 Å². The van der Waals surface area contributed by atoms with Gasteiger partial charge in [-0.2, -0.15) is 0 Å². The Labute approximate surface area is 119 Å². The van der Waals surface area contributed by atoms with Gasteiger partial charge in [-0.3, -0.25) is 4.90 Å². The highest BCUT2D eigenvalue weighted by molar-refractivity contribution is 5.16. The first-order valence-electron chi connectivity index (χ1n) is 7.17. The van der Waals surface area contributed by atoms with Gasteiger partial charge in [0.25, 0.3) is 0 Å². The predicted molar refractivity (Wildman–Crippen MR) is 76.2 cm³/mol. The second-order valence-corrected chi connectivity index (χ2v) is 5.15. The van der Waals surface area contributed by atoms with Crippen LogP contribution in [0.1, 0.15) is 5.56 Å². The third-order valence-electron chi connectivity index (χ3n) is 3.43. The molecule has 1 aliphatic heterocycles. The molecule has 1 heterocycles. The number of benzene rings is 1. The molecule has 112 valence electrons. The summed E-state index contributed by atoms with van der Waals surface area (Å²) < 4.78 is 18.3. The molecule has 20 heavy (non-hydrogen) atoms. The molecule has 0 spiro atoms. The number of rotatable bonds is 7. The Kier molecular flexibility index (Phi) is 6.39. The molecule has 5 heteroatoms. The first-order valence-corrected chi connectivity index (χ1v) is 7.17. The maximum Gasteiger partial charge on any atom is 0.123 e. The number of β-amino-alcohol motifs (C(OH)–C–C–N with tert-alkyl or cyclic N) is 1. The van der Waals surface area contributed by atoms with Crippen molar-refractivity contribution in [3.63, 3.8) is 0 Å². The van der Waals surface area contributed by atoms with Gasteiger partial charge in [0, 0.05) is 26.2 Å². The molecule has 1 aliphatic rings. The molecule has 0 radical (unpaired) electrons. The van der Waals surface area contributed by atoms with Crippen LogP contribution >= 0.6 is 0 Å². The minimum atomic E-state index is -0.374. The van der Waals surface area contributed by atoms with Crippen molar-refractivity contribution >= 4 is 0 Å². The van der Waals surface area contributed by atoms with Gasteiger partial charge in [0.05, 0.1) is 19.3 Å². The quantitative estimate of drug-likeness (QED) is 0.721. The van der Waals surface area contributed by atoms with Crippen LogP contribution in [0.25, 0.3) is 0 Å². The van der Waals surface area contributed by atoms with Crippen LogP contribution in [0.15, 0.2) is 24.3 Å². The average Bonchev–Trinajstić information content (AvgIpc) is 2.45. The monoisotopic (exact) mass is 282 g/mol. The Morgan fingerprint density at radius 2 is 2.15 bits per heavy atom. The van der Waals surface area contributed by atoms with Gasteiger partial charge in [-0.15, -0.1) is 0 Å². The molecule has 0 saturated carbocycles. The van der Waals surface area contributed by atoms with Crippen LogP contribution in [0.3, 0.4) is 0 Å². The largest absolute Gasteiger partial charge is 0.390 e. The van der Waals surface area contributed by atoms with E-state index >= 15 is 0 Å². The number of hydrogen-bond acceptors (Lipinski definition) is 4. The Bertz CT molecular complexity index is 397. The van der Waals surface area contributed by atoms with E-state index in [1.807, 2.05) is 6.07 Å². The van der Waals surface area contributed by atoms with Gasteiger partial charge in [-0.25, -0.2) is 4.39 Å². The Morgan fingerprint density at radius 3 is 2.90 bits per heavy atom. The molecule has 1 atom stereocenters. The topological polar surface area (TPSA) is 44.7 Å². The first kappa shape index (κ1) is 15.4. The van der Waals surface area contributed by atoms with Gasteiger partial charge in [-0.05, 0) is 30.7 Å². The molecule has 0 aromatic heterocycles. The predicted octanol–water partition coefficient (Wildman–Crippen LogP) is 0.651. The third-order valence-corrected chi connectivity index (χ3v) is 3.43. The fourth-order valence-corrected chi connectivity index (χ4v) is 2.34. The minimum Gasteiger partial charge on any atom is -0.390 e. The lowest BCUT2D eigenvalue weighted by Gasteiger charge is -2.28. The second kappa shape index (κ2) is 8.32. The van der Waals surface area contributed by atoms with Crippen molar-refractivity contribution in [2.45, 2.75) is 12.5 Å². The van der Waals surface area contributed by atoms with E-state index in [1.165, 1.54) is 6.07 Å². The van der Waals surface area contributed by atoms with E-state index in [0.717, 1.165) is 44.8 Å². The van der Waals surface area contributed by atoms with Gasteiger partial charge in [0.2, 0.25) is 0 Å². The number of aliphatic hydroxyl groups is 1. The summed E-state index contributed by atoms with van der Waals surface area (Å²) in [6.45, 7) is 5.26. The number of ether oxygens (including phenoxy) is 1. The van der Waals surface area contributed by atoms with Crippen molar-refractivity contribution in [1.29, 1.82) is 0 Å². The number of morpholine rings is 1. The van der Waals surface area contributed by atoms with Crippen LogP contribution < -0.4 is 5.32 Å². The molecule has 2 rings (SSSR count). The van der Waals surface area contributed by atoms with Gasteiger partial charge in [0.15, 0.2) is 0 Å². The summed E-state index contributed by atoms with van der Waals surface area (Å²) in [5.41, 5.74) is 0.972. The van der Waals surface area contributed by atoms with Gasteiger partial charge in [0.1, 0.15) is 5.82 Å². The summed E-state index contributed by atoms with van der Waals surface area (Å²) in [6, 6.07) is 6.63. The average molecular weight is 282 g/mol. The SMILES string of the molecule is OC(CNCCc1cccc(F)c1)CN1CCOCC1. The Balaban J connectivity index is 1.58. The van der Waals surface area contributed by atoms with Gasteiger partial charge in [-0.1, -0.05) is 12.1 Å². The van der Waals surface area contributed by atoms with Crippen LogP contribution in [-0.4, -0.2) is 62.0 Å². The molecular formula is C15H23FN2O2. The van der Waals surface area contributed by atoms with Crippen molar-refractivity contribution < 1.29 is 14.2 Å². The lowest BCUT2D eigenvalue weighted by molar-refractivity contribution is 0.0150. The lowest BCUT2D eigenvalue weighted by Crippen LogP contribution is -2.43. The standard InChI is InChI=1S/C15H23FN2O2/c16-14-3-1-2-13(10-14)4-5-17-11-15(19)12-18-6-8-20-9-7-18/h1-3,10,15,17,19H,4-9,11-12H2. The van der Waals surface area contributed by atoms with Crippen molar-refractivity contribution in [1.82, 2.24) is 10.2 Å². The molecule has 2 N–H and O–H groups in total. The molecule has 1 saturated heterocycles. The molecule has 0 amide bonds. The number of aliphatic hydroxyl groups excluding tert-OH is 1. The van der Waals surface area contributed by atoms with Crippen molar-refractivity contribution in [2.75, 3.05) is 45.9 Å². The molecular weight excluding hydrogens is 259 g/mol. The molecule has 1 aromatic carbocycles. The molecule has 0 aliphatic carbocycles. The highest BCUT2D eigenvalue weighted by atomic mass is 19.1. The maximum absolute atomic E-state index is 13.0. The maximum atomic E-state index is 13.0. The van der Waals surface area contributed by atoms with E-state index in [0.29, 0.717) is 13.1 Å². The van der Waals surface area contributed by atoms with E-state index in [9.17, 15) is 9.50 Å². The highest BCUT2D eigenvalue weighted by Gasteiger charge is 2.14. The third kappa shape index (κ3) is 5.54. The molecule has 1 unspecified atom stereocenters. The summed E-state index contributed by atoms with van der Waals surface area (Å²) in [5.74, 6) is -0.199. The Morgan fingerprint density at radius 1 is 1.35 bits per heavy atom. The summed E-state index contributed by atoms with van der Waals surface area (Å²) >= 11 is 0. The van der Waals surface area contributed by atoms with E-state index < -0.39 is 0 Å². The number of hydrogen-bond donors (Lipinski definition) is 2. The summed E-state index contributed by atoms with van der Waals surface area (Å²) in [4.78, 5) is 2.21. The summed E-state index contributed by atoms with van der Waals surface area (Å²) in [5, 5.41) is 13.2. The van der Waals surface area contributed by atoms with Crippen molar-refractivity contribution in [2.24, 2.45) is 0 Å². The first-order chi connectivity index (χ1) is 9.74. The van der Waals surface area contributed by atoms with Crippen LogP contribution in [0.4, 0.5) is 4.39 Å². The van der Waals surface area contributed by atoms with E-state index in [-0.39, 0.29) is 11.9 Å². The van der Waals surface area contributed by atoms with E-state index in [2.05, 4.69) is 10.2 Å². The Hall–Kier alpha value is -1.01. The second-order valence-electron chi connectivity index (χ2n) is 5.15. The molecule has 4 nitrogen and oxygen atoms in total. The van der Waals surface area contributed by atoms with E-state index in [1.54, 1.807) is 12.1 Å². The number of nitrogens with one attached hydrogen (secondary N) is 1. The van der Waals surface area contributed by atoms with Gasteiger partial charge >= 0.3 is 0 Å². The zero-order chi connectivity index (χ0) is 14.2.